The zero-order valence-electron chi connectivity index (χ0n) is 14.0. The van der Waals surface area contributed by atoms with E-state index in [1.54, 1.807) is 21.3 Å². The van der Waals surface area contributed by atoms with Crippen molar-refractivity contribution >= 4 is 5.91 Å². The monoisotopic (exact) mass is 307 g/mol. The first-order valence-corrected chi connectivity index (χ1v) is 7.49. The van der Waals surface area contributed by atoms with Crippen LogP contribution in [0.3, 0.4) is 0 Å². The van der Waals surface area contributed by atoms with Crippen molar-refractivity contribution in [3.63, 3.8) is 0 Å². The largest absolute Gasteiger partial charge is 0.496 e. The first-order chi connectivity index (χ1) is 10.5. The van der Waals surface area contributed by atoms with Gasteiger partial charge in [0, 0.05) is 26.3 Å². The van der Waals surface area contributed by atoms with Gasteiger partial charge in [0.2, 0.25) is 0 Å². The third-order valence-electron chi connectivity index (χ3n) is 4.24. The molecule has 0 unspecified atom stereocenters. The minimum absolute atomic E-state index is 0.0236. The van der Waals surface area contributed by atoms with Crippen molar-refractivity contribution in [2.45, 2.75) is 32.4 Å². The fourth-order valence-electron chi connectivity index (χ4n) is 3.21. The van der Waals surface area contributed by atoms with Crippen molar-refractivity contribution in [1.82, 2.24) is 4.90 Å². The minimum Gasteiger partial charge on any atom is -0.496 e. The Labute approximate surface area is 132 Å². The molecule has 1 aromatic rings. The average Bonchev–Trinajstić information content (AvgIpc) is 2.89. The van der Waals surface area contributed by atoms with Gasteiger partial charge < -0.3 is 19.1 Å². The number of nitrogens with zero attached hydrogens (tertiary/aromatic N) is 1. The number of aryl methyl sites for hydroxylation is 2. The standard InChI is InChI=1S/C17H25NO4/c1-11-6-13(7-12(2)16(11)22-5)17(19)18-9-15(21-4)8-14(18)10-20-3/h6-7,14-15H,8-10H2,1-5H3/t14-,15+/m0/s1. The second kappa shape index (κ2) is 7.11. The van der Waals surface area contributed by atoms with Gasteiger partial charge in [-0.05, 0) is 43.5 Å². The van der Waals surface area contributed by atoms with E-state index in [0.29, 0.717) is 18.7 Å². The lowest BCUT2D eigenvalue weighted by molar-refractivity contribution is 0.0612. The molecule has 1 aliphatic heterocycles. The molecular weight excluding hydrogens is 282 g/mol. The predicted molar refractivity (Wildman–Crippen MR) is 84.6 cm³/mol. The van der Waals surface area contributed by atoms with Crippen LogP contribution in [-0.2, 0) is 9.47 Å². The number of methoxy groups -OCH3 is 3. The number of carbonyl (C=O) groups is 1. The maximum absolute atomic E-state index is 12.9. The summed E-state index contributed by atoms with van der Waals surface area (Å²) in [6.45, 7) is 5.04. The van der Waals surface area contributed by atoms with E-state index in [1.165, 1.54) is 0 Å². The van der Waals surface area contributed by atoms with Crippen LogP contribution in [0, 0.1) is 13.8 Å². The molecule has 0 radical (unpaired) electrons. The molecule has 5 heteroatoms. The fraction of sp³-hybridized carbons (Fsp3) is 0.588. The van der Waals surface area contributed by atoms with Crippen LogP contribution in [0.5, 0.6) is 5.75 Å². The highest BCUT2D eigenvalue weighted by Crippen LogP contribution is 2.27. The highest BCUT2D eigenvalue weighted by Gasteiger charge is 2.35. The Morgan fingerprint density at radius 1 is 1.23 bits per heavy atom. The zero-order valence-corrected chi connectivity index (χ0v) is 14.0. The predicted octanol–water partition coefficient (Wildman–Crippen LogP) is 2.19. The summed E-state index contributed by atoms with van der Waals surface area (Å²) in [7, 11) is 4.99. The molecular formula is C17H25NO4. The SMILES string of the molecule is COC[C@@H]1C[C@@H](OC)CN1C(=O)c1cc(C)c(OC)c(C)c1. The molecule has 1 amide bonds. The first kappa shape index (κ1) is 16.8. The van der Waals surface area contributed by atoms with Gasteiger partial charge >= 0.3 is 0 Å². The van der Waals surface area contributed by atoms with E-state index < -0.39 is 0 Å². The summed E-state index contributed by atoms with van der Waals surface area (Å²) in [6, 6.07) is 3.83. The summed E-state index contributed by atoms with van der Waals surface area (Å²) in [4.78, 5) is 14.7. The van der Waals surface area contributed by atoms with Crippen molar-refractivity contribution < 1.29 is 19.0 Å². The number of ether oxygens (including phenoxy) is 3. The summed E-state index contributed by atoms with van der Waals surface area (Å²) in [5, 5.41) is 0. The Balaban J connectivity index is 2.26. The number of hydrogen-bond acceptors (Lipinski definition) is 4. The molecule has 122 valence electrons. The van der Waals surface area contributed by atoms with Crippen LogP contribution >= 0.6 is 0 Å². The molecule has 0 saturated carbocycles. The Hall–Kier alpha value is -1.59. The Morgan fingerprint density at radius 2 is 1.86 bits per heavy atom. The van der Waals surface area contributed by atoms with Crippen LogP contribution in [0.4, 0.5) is 0 Å². The van der Waals surface area contributed by atoms with Crippen molar-refractivity contribution in [3.05, 3.63) is 28.8 Å². The summed E-state index contributed by atoms with van der Waals surface area (Å²) in [5.74, 6) is 0.858. The van der Waals surface area contributed by atoms with Crippen LogP contribution in [0.25, 0.3) is 0 Å². The summed E-state index contributed by atoms with van der Waals surface area (Å²) in [6.07, 6.45) is 0.883. The summed E-state index contributed by atoms with van der Waals surface area (Å²) >= 11 is 0. The van der Waals surface area contributed by atoms with Gasteiger partial charge in [0.25, 0.3) is 5.91 Å². The third kappa shape index (κ3) is 3.25. The van der Waals surface area contributed by atoms with Crippen molar-refractivity contribution in [2.24, 2.45) is 0 Å². The van der Waals surface area contributed by atoms with E-state index in [1.807, 2.05) is 30.9 Å². The third-order valence-corrected chi connectivity index (χ3v) is 4.24. The van der Waals surface area contributed by atoms with E-state index in [9.17, 15) is 4.79 Å². The topological polar surface area (TPSA) is 48.0 Å². The number of likely N-dealkylation sites (tertiary alicyclic amines) is 1. The van der Waals surface area contributed by atoms with E-state index in [0.717, 1.165) is 23.3 Å². The molecule has 1 aliphatic rings. The number of rotatable bonds is 5. The Bertz CT molecular complexity index is 520. The smallest absolute Gasteiger partial charge is 0.254 e. The highest BCUT2D eigenvalue weighted by molar-refractivity contribution is 5.95. The molecule has 1 saturated heterocycles. The maximum atomic E-state index is 12.9. The molecule has 2 rings (SSSR count). The highest BCUT2D eigenvalue weighted by atomic mass is 16.5. The molecule has 0 bridgehead atoms. The van der Waals surface area contributed by atoms with Crippen LogP contribution in [0.2, 0.25) is 0 Å². The Kier molecular flexibility index (Phi) is 5.42. The normalized spacial score (nSPS) is 21.2. The van der Waals surface area contributed by atoms with E-state index in [-0.39, 0.29) is 18.1 Å². The minimum atomic E-state index is 0.0236. The van der Waals surface area contributed by atoms with E-state index >= 15 is 0 Å². The van der Waals surface area contributed by atoms with Crippen molar-refractivity contribution in [3.8, 4) is 5.75 Å². The molecule has 0 aliphatic carbocycles. The van der Waals surface area contributed by atoms with Gasteiger partial charge in [-0.15, -0.1) is 0 Å². The van der Waals surface area contributed by atoms with Gasteiger partial charge in [0.15, 0.2) is 0 Å². The molecule has 1 heterocycles. The first-order valence-electron chi connectivity index (χ1n) is 7.49. The van der Waals surface area contributed by atoms with Gasteiger partial charge in [-0.1, -0.05) is 0 Å². The summed E-state index contributed by atoms with van der Waals surface area (Å²) in [5.41, 5.74) is 2.63. The lowest BCUT2D eigenvalue weighted by Gasteiger charge is -2.24. The molecule has 22 heavy (non-hydrogen) atoms. The van der Waals surface area contributed by atoms with Crippen LogP contribution in [0.15, 0.2) is 12.1 Å². The van der Waals surface area contributed by atoms with Gasteiger partial charge in [-0.2, -0.15) is 0 Å². The molecule has 5 nitrogen and oxygen atoms in total. The number of carbonyl (C=O) groups excluding carboxylic acids is 1. The average molecular weight is 307 g/mol. The van der Waals surface area contributed by atoms with Gasteiger partial charge in [0.1, 0.15) is 5.75 Å². The molecule has 0 N–H and O–H groups in total. The van der Waals surface area contributed by atoms with Gasteiger partial charge in [-0.3, -0.25) is 4.79 Å². The number of benzene rings is 1. The molecule has 0 aromatic heterocycles. The van der Waals surface area contributed by atoms with Crippen LogP contribution in [0.1, 0.15) is 27.9 Å². The lowest BCUT2D eigenvalue weighted by Crippen LogP contribution is -2.38. The van der Waals surface area contributed by atoms with Crippen LogP contribution < -0.4 is 4.74 Å². The van der Waals surface area contributed by atoms with Crippen LogP contribution in [-0.4, -0.2) is 57.4 Å². The molecule has 0 spiro atoms. The lowest BCUT2D eigenvalue weighted by atomic mass is 10.0. The van der Waals surface area contributed by atoms with Crippen molar-refractivity contribution in [1.29, 1.82) is 0 Å². The zero-order chi connectivity index (χ0) is 16.3. The molecule has 1 fully saturated rings. The maximum Gasteiger partial charge on any atom is 0.254 e. The fourth-order valence-corrected chi connectivity index (χ4v) is 3.21. The van der Waals surface area contributed by atoms with E-state index in [2.05, 4.69) is 0 Å². The molecule has 2 atom stereocenters. The van der Waals surface area contributed by atoms with Gasteiger partial charge in [-0.25, -0.2) is 0 Å². The van der Waals surface area contributed by atoms with Gasteiger partial charge in [0.05, 0.1) is 25.9 Å². The number of amides is 1. The Morgan fingerprint density at radius 3 is 2.36 bits per heavy atom. The quantitative estimate of drug-likeness (QED) is 0.836. The second-order valence-electron chi connectivity index (χ2n) is 5.80. The number of hydrogen-bond donors (Lipinski definition) is 0. The van der Waals surface area contributed by atoms with Crippen molar-refractivity contribution in [2.75, 3.05) is 34.5 Å². The summed E-state index contributed by atoms with van der Waals surface area (Å²) < 4.78 is 16.0. The van der Waals surface area contributed by atoms with E-state index in [4.69, 9.17) is 14.2 Å². The molecule has 1 aromatic carbocycles. The second-order valence-corrected chi connectivity index (χ2v) is 5.80.